The first-order valence-electron chi connectivity index (χ1n) is 8.80. The van der Waals surface area contributed by atoms with Crippen molar-refractivity contribution < 1.29 is 26.4 Å². The van der Waals surface area contributed by atoms with E-state index in [-0.39, 0.29) is 22.2 Å². The van der Waals surface area contributed by atoms with Crippen molar-refractivity contribution in [3.05, 3.63) is 53.6 Å². The van der Waals surface area contributed by atoms with Crippen LogP contribution in [0.3, 0.4) is 0 Å². The molecule has 1 amide bonds. The molecule has 156 valence electrons. The molecule has 10 heteroatoms. The summed E-state index contributed by atoms with van der Waals surface area (Å²) in [5.41, 5.74) is -0.357. The predicted molar refractivity (Wildman–Crippen MR) is 104 cm³/mol. The number of halogens is 3. The maximum Gasteiger partial charge on any atom is 0.416 e. The summed E-state index contributed by atoms with van der Waals surface area (Å²) < 4.78 is 66.0. The van der Waals surface area contributed by atoms with E-state index in [1.165, 1.54) is 30.3 Å². The summed E-state index contributed by atoms with van der Waals surface area (Å²) in [6.07, 6.45) is -2.95. The number of hydrogen-bond acceptors (Lipinski definition) is 4. The number of sulfonamides is 1. The molecule has 0 saturated heterocycles. The van der Waals surface area contributed by atoms with E-state index in [4.69, 9.17) is 0 Å². The Hall–Kier alpha value is -2.59. The van der Waals surface area contributed by atoms with Gasteiger partial charge in [0.05, 0.1) is 21.8 Å². The Kier molecular flexibility index (Phi) is 5.59. The van der Waals surface area contributed by atoms with Crippen LogP contribution in [0.2, 0.25) is 0 Å². The van der Waals surface area contributed by atoms with E-state index in [0.29, 0.717) is 5.69 Å². The number of hydrogen-bond donors (Lipinski definition) is 2. The van der Waals surface area contributed by atoms with Crippen molar-refractivity contribution >= 4 is 27.3 Å². The highest BCUT2D eigenvalue weighted by molar-refractivity contribution is 7.89. The topological polar surface area (TPSA) is 78.5 Å². The maximum atomic E-state index is 13.0. The number of carbonyl (C=O) groups is 1. The van der Waals surface area contributed by atoms with Crippen LogP contribution in [0.1, 0.15) is 28.8 Å². The minimum absolute atomic E-state index is 0.00178. The fourth-order valence-electron chi connectivity index (χ4n) is 2.67. The Morgan fingerprint density at radius 1 is 1.07 bits per heavy atom. The molecule has 2 N–H and O–H groups in total. The number of nitrogens with zero attached hydrogens (tertiary/aromatic N) is 1. The smallest absolute Gasteiger partial charge is 0.376 e. The molecule has 1 fully saturated rings. The Balaban J connectivity index is 1.82. The van der Waals surface area contributed by atoms with Gasteiger partial charge in [0.2, 0.25) is 10.0 Å². The molecule has 1 aliphatic carbocycles. The fourth-order valence-corrected chi connectivity index (χ4v) is 3.98. The molecule has 1 saturated carbocycles. The van der Waals surface area contributed by atoms with E-state index in [9.17, 15) is 26.4 Å². The van der Waals surface area contributed by atoms with Gasteiger partial charge in [0, 0.05) is 25.7 Å². The van der Waals surface area contributed by atoms with Crippen LogP contribution < -0.4 is 14.9 Å². The second-order valence-corrected chi connectivity index (χ2v) is 8.71. The Labute approximate surface area is 166 Å². The van der Waals surface area contributed by atoms with Crippen LogP contribution in [0.4, 0.5) is 24.5 Å². The highest BCUT2D eigenvalue weighted by atomic mass is 32.2. The monoisotopic (exact) mass is 427 g/mol. The molecule has 0 unspecified atom stereocenters. The van der Waals surface area contributed by atoms with Gasteiger partial charge in [-0.2, -0.15) is 13.2 Å². The number of rotatable bonds is 6. The molecule has 0 aromatic heterocycles. The van der Waals surface area contributed by atoms with E-state index in [0.717, 1.165) is 25.0 Å². The number of benzene rings is 2. The zero-order valence-corrected chi connectivity index (χ0v) is 16.6. The quantitative estimate of drug-likeness (QED) is 0.740. The summed E-state index contributed by atoms with van der Waals surface area (Å²) in [6.45, 7) is 0. The lowest BCUT2D eigenvalue weighted by molar-refractivity contribution is -0.137. The molecule has 1 aliphatic rings. The molecule has 2 aromatic rings. The molecule has 6 nitrogen and oxygen atoms in total. The Morgan fingerprint density at radius 2 is 1.69 bits per heavy atom. The lowest BCUT2D eigenvalue weighted by atomic mass is 10.1. The third-order valence-electron chi connectivity index (χ3n) is 4.38. The van der Waals surface area contributed by atoms with E-state index >= 15 is 0 Å². The normalized spacial score (nSPS) is 14.5. The Bertz CT molecular complexity index is 1020. The van der Waals surface area contributed by atoms with Gasteiger partial charge >= 0.3 is 6.18 Å². The molecule has 0 aliphatic heterocycles. The first kappa shape index (κ1) is 21.1. The van der Waals surface area contributed by atoms with Gasteiger partial charge in [-0.15, -0.1) is 0 Å². The van der Waals surface area contributed by atoms with E-state index in [2.05, 4.69) is 10.0 Å². The minimum atomic E-state index is -4.55. The molecule has 0 radical (unpaired) electrons. The fraction of sp³-hybridized carbons (Fsp3) is 0.316. The number of amides is 1. The summed E-state index contributed by atoms with van der Waals surface area (Å²) in [4.78, 5) is 14.1. The van der Waals surface area contributed by atoms with E-state index in [1.54, 1.807) is 19.0 Å². The molecule has 0 bridgehead atoms. The maximum absolute atomic E-state index is 13.0. The van der Waals surface area contributed by atoms with E-state index in [1.807, 2.05) is 0 Å². The third-order valence-corrected chi connectivity index (χ3v) is 5.92. The highest BCUT2D eigenvalue weighted by Crippen LogP contribution is 2.35. The highest BCUT2D eigenvalue weighted by Gasteiger charge is 2.31. The van der Waals surface area contributed by atoms with Crippen molar-refractivity contribution in [3.8, 4) is 0 Å². The summed E-state index contributed by atoms with van der Waals surface area (Å²) in [6, 6.07) is 8.26. The summed E-state index contributed by atoms with van der Waals surface area (Å²) in [5, 5.41) is 2.48. The summed E-state index contributed by atoms with van der Waals surface area (Å²) in [7, 11) is -0.364. The predicted octanol–water partition coefficient (Wildman–Crippen LogP) is 3.46. The third kappa shape index (κ3) is 5.07. The average Bonchev–Trinajstić information content (AvgIpc) is 3.44. The zero-order valence-electron chi connectivity index (χ0n) is 15.7. The van der Waals surface area contributed by atoms with Gasteiger partial charge in [-0.1, -0.05) is 0 Å². The van der Waals surface area contributed by atoms with Gasteiger partial charge in [0.1, 0.15) is 0 Å². The minimum Gasteiger partial charge on any atom is -0.376 e. The van der Waals surface area contributed by atoms with Gasteiger partial charge in [0.25, 0.3) is 5.91 Å². The first-order valence-corrected chi connectivity index (χ1v) is 10.3. The van der Waals surface area contributed by atoms with Crippen LogP contribution >= 0.6 is 0 Å². The molecule has 29 heavy (non-hydrogen) atoms. The van der Waals surface area contributed by atoms with Crippen LogP contribution in [0, 0.1) is 0 Å². The molecule has 2 aromatic carbocycles. The van der Waals surface area contributed by atoms with Gasteiger partial charge in [0.15, 0.2) is 0 Å². The standard InChI is InChI=1S/C19H20F3N3O3S/c1-25(2)17-10-5-13(19(20,21)22)11-16(17)23-18(26)12-3-8-15(9-4-12)29(27,28)24-14-6-7-14/h3-5,8-11,14,24H,6-7H2,1-2H3,(H,23,26). The van der Waals surface area contributed by atoms with Crippen molar-refractivity contribution in [2.75, 3.05) is 24.3 Å². The lowest BCUT2D eigenvalue weighted by Gasteiger charge is -2.20. The molecule has 0 heterocycles. The van der Waals surface area contributed by atoms with Crippen molar-refractivity contribution in [2.24, 2.45) is 0 Å². The number of carbonyl (C=O) groups excluding carboxylic acids is 1. The summed E-state index contributed by atoms with van der Waals surface area (Å²) in [5.74, 6) is -0.647. The van der Waals surface area contributed by atoms with E-state index < -0.39 is 27.7 Å². The molecule has 0 atom stereocenters. The van der Waals surface area contributed by atoms with Crippen molar-refractivity contribution in [3.63, 3.8) is 0 Å². The lowest BCUT2D eigenvalue weighted by Crippen LogP contribution is -2.25. The molecule has 0 spiro atoms. The molecular formula is C19H20F3N3O3S. The molecule has 3 rings (SSSR count). The van der Waals surface area contributed by atoms with Crippen LogP contribution in [0.25, 0.3) is 0 Å². The van der Waals surface area contributed by atoms with Crippen LogP contribution in [0.5, 0.6) is 0 Å². The number of alkyl halides is 3. The molecular weight excluding hydrogens is 407 g/mol. The second kappa shape index (κ2) is 7.68. The second-order valence-electron chi connectivity index (χ2n) is 7.00. The largest absolute Gasteiger partial charge is 0.416 e. The van der Waals surface area contributed by atoms with Gasteiger partial charge in [-0.25, -0.2) is 13.1 Å². The van der Waals surface area contributed by atoms with Crippen molar-refractivity contribution in [2.45, 2.75) is 30.0 Å². The van der Waals surface area contributed by atoms with Gasteiger partial charge in [-0.3, -0.25) is 4.79 Å². The number of nitrogens with one attached hydrogen (secondary N) is 2. The van der Waals surface area contributed by atoms with Crippen LogP contribution in [-0.4, -0.2) is 34.5 Å². The summed E-state index contributed by atoms with van der Waals surface area (Å²) >= 11 is 0. The number of anilines is 2. The van der Waals surface area contributed by atoms with Crippen molar-refractivity contribution in [1.29, 1.82) is 0 Å². The van der Waals surface area contributed by atoms with Crippen molar-refractivity contribution in [1.82, 2.24) is 4.72 Å². The van der Waals surface area contributed by atoms with Crippen LogP contribution in [0.15, 0.2) is 47.4 Å². The Morgan fingerprint density at radius 3 is 2.21 bits per heavy atom. The van der Waals surface area contributed by atoms with Gasteiger partial charge < -0.3 is 10.2 Å². The average molecular weight is 427 g/mol. The van der Waals surface area contributed by atoms with Crippen LogP contribution in [-0.2, 0) is 16.2 Å². The SMILES string of the molecule is CN(C)c1ccc(C(F)(F)F)cc1NC(=O)c1ccc(S(=O)(=O)NC2CC2)cc1. The zero-order chi connectivity index (χ0) is 21.4. The first-order chi connectivity index (χ1) is 13.5. The van der Waals surface area contributed by atoms with Gasteiger partial charge in [-0.05, 0) is 55.3 Å².